The Morgan fingerprint density at radius 1 is 1.19 bits per heavy atom. The van der Waals surface area contributed by atoms with E-state index in [1.165, 1.54) is 11.6 Å². The SMILES string of the molecule is CCNC(=NCc1ccc(C#N)cc1F)NCCc1ccc(OC)cc1.I. The molecular formula is C20H24FIN4O. The zero-order chi connectivity index (χ0) is 18.8. The quantitative estimate of drug-likeness (QED) is 0.360. The summed E-state index contributed by atoms with van der Waals surface area (Å²) in [6, 6.07) is 14.3. The van der Waals surface area contributed by atoms with Gasteiger partial charge in [-0.2, -0.15) is 5.26 Å². The number of ether oxygens (including phenoxy) is 1. The van der Waals surface area contributed by atoms with E-state index in [1.807, 2.05) is 37.3 Å². The van der Waals surface area contributed by atoms with Gasteiger partial charge in [0.15, 0.2) is 5.96 Å². The summed E-state index contributed by atoms with van der Waals surface area (Å²) in [5.74, 6) is 1.05. The number of hydrogen-bond acceptors (Lipinski definition) is 3. The summed E-state index contributed by atoms with van der Waals surface area (Å²) in [7, 11) is 1.65. The fourth-order valence-electron chi connectivity index (χ4n) is 2.37. The van der Waals surface area contributed by atoms with Crippen LogP contribution in [0.5, 0.6) is 5.75 Å². The molecule has 0 aromatic heterocycles. The van der Waals surface area contributed by atoms with Gasteiger partial charge >= 0.3 is 0 Å². The molecule has 2 N–H and O–H groups in total. The van der Waals surface area contributed by atoms with E-state index in [0.717, 1.165) is 12.2 Å². The van der Waals surface area contributed by atoms with E-state index in [-0.39, 0.29) is 30.5 Å². The number of rotatable bonds is 7. The predicted octanol–water partition coefficient (Wildman–Crippen LogP) is 3.62. The maximum Gasteiger partial charge on any atom is 0.191 e. The van der Waals surface area contributed by atoms with Crippen molar-refractivity contribution in [1.29, 1.82) is 5.26 Å². The van der Waals surface area contributed by atoms with Gasteiger partial charge in [-0.1, -0.05) is 18.2 Å². The lowest BCUT2D eigenvalue weighted by atomic mass is 10.1. The molecule has 0 heterocycles. The van der Waals surface area contributed by atoms with Crippen molar-refractivity contribution in [3.05, 3.63) is 65.0 Å². The maximum absolute atomic E-state index is 13.9. The second-order valence-electron chi connectivity index (χ2n) is 5.64. The average Bonchev–Trinajstić information content (AvgIpc) is 2.67. The first-order chi connectivity index (χ1) is 12.7. The summed E-state index contributed by atoms with van der Waals surface area (Å²) < 4.78 is 19.1. The number of halogens is 2. The van der Waals surface area contributed by atoms with Gasteiger partial charge < -0.3 is 15.4 Å². The van der Waals surface area contributed by atoms with E-state index in [0.29, 0.717) is 30.2 Å². The Morgan fingerprint density at radius 2 is 1.93 bits per heavy atom. The third-order valence-corrected chi connectivity index (χ3v) is 3.80. The molecule has 0 saturated carbocycles. The minimum absolute atomic E-state index is 0. The predicted molar refractivity (Wildman–Crippen MR) is 116 cm³/mol. The molecule has 5 nitrogen and oxygen atoms in total. The van der Waals surface area contributed by atoms with Gasteiger partial charge in [0, 0.05) is 18.7 Å². The fourth-order valence-corrected chi connectivity index (χ4v) is 2.37. The van der Waals surface area contributed by atoms with Crippen LogP contribution >= 0.6 is 24.0 Å². The van der Waals surface area contributed by atoms with Gasteiger partial charge in [0.05, 0.1) is 25.3 Å². The molecule has 2 aromatic carbocycles. The molecule has 0 atom stereocenters. The van der Waals surface area contributed by atoms with E-state index in [2.05, 4.69) is 15.6 Å². The number of hydrogen-bond donors (Lipinski definition) is 2. The Labute approximate surface area is 176 Å². The molecular weight excluding hydrogens is 458 g/mol. The Kier molecular flexibility index (Phi) is 10.2. The van der Waals surface area contributed by atoms with Crippen LogP contribution in [-0.4, -0.2) is 26.2 Å². The topological polar surface area (TPSA) is 69.4 Å². The lowest BCUT2D eigenvalue weighted by Crippen LogP contribution is -2.38. The van der Waals surface area contributed by atoms with E-state index < -0.39 is 5.82 Å². The van der Waals surface area contributed by atoms with E-state index >= 15 is 0 Å². The molecule has 0 bridgehead atoms. The van der Waals surface area contributed by atoms with Crippen molar-refractivity contribution in [3.63, 3.8) is 0 Å². The summed E-state index contributed by atoms with van der Waals surface area (Å²) in [5.41, 5.74) is 1.95. The van der Waals surface area contributed by atoms with Gasteiger partial charge in [-0.15, -0.1) is 24.0 Å². The third kappa shape index (κ3) is 7.43. The molecule has 0 aliphatic carbocycles. The standard InChI is InChI=1S/C20H23FN4O.HI/c1-3-23-20(24-11-10-15-5-8-18(26-2)9-6-15)25-14-17-7-4-16(13-22)12-19(17)21;/h4-9,12H,3,10-11,14H2,1-2H3,(H2,23,24,25);1H. The number of benzene rings is 2. The molecule has 0 fully saturated rings. The summed E-state index contributed by atoms with van der Waals surface area (Å²) in [6.45, 7) is 3.59. The largest absolute Gasteiger partial charge is 0.497 e. The van der Waals surface area contributed by atoms with Crippen molar-refractivity contribution < 1.29 is 9.13 Å². The second kappa shape index (κ2) is 12.1. The number of aliphatic imine (C=N–C) groups is 1. The van der Waals surface area contributed by atoms with Gasteiger partial charge in [0.25, 0.3) is 0 Å². The summed E-state index contributed by atoms with van der Waals surface area (Å²) >= 11 is 0. The van der Waals surface area contributed by atoms with Crippen LogP contribution in [0.3, 0.4) is 0 Å². The van der Waals surface area contributed by atoms with Gasteiger partial charge in [0.1, 0.15) is 11.6 Å². The smallest absolute Gasteiger partial charge is 0.191 e. The Bertz CT molecular complexity index is 788. The van der Waals surface area contributed by atoms with Crippen LogP contribution in [0.1, 0.15) is 23.6 Å². The van der Waals surface area contributed by atoms with Gasteiger partial charge in [-0.3, -0.25) is 0 Å². The fraction of sp³-hybridized carbons (Fsp3) is 0.300. The summed E-state index contributed by atoms with van der Waals surface area (Å²) in [4.78, 5) is 4.41. The van der Waals surface area contributed by atoms with Crippen LogP contribution in [0, 0.1) is 17.1 Å². The molecule has 2 rings (SSSR count). The Hall–Kier alpha value is -2.34. The highest BCUT2D eigenvalue weighted by Crippen LogP contribution is 2.12. The van der Waals surface area contributed by atoms with Gasteiger partial charge in [-0.05, 0) is 43.2 Å². The van der Waals surface area contributed by atoms with Crippen molar-refractivity contribution in [2.75, 3.05) is 20.2 Å². The molecule has 0 radical (unpaired) electrons. The minimum atomic E-state index is -0.415. The van der Waals surface area contributed by atoms with Crippen LogP contribution in [0.15, 0.2) is 47.5 Å². The highest BCUT2D eigenvalue weighted by atomic mass is 127. The average molecular weight is 482 g/mol. The van der Waals surface area contributed by atoms with Crippen LogP contribution in [0.25, 0.3) is 0 Å². The zero-order valence-electron chi connectivity index (χ0n) is 15.5. The van der Waals surface area contributed by atoms with Crippen LogP contribution in [0.2, 0.25) is 0 Å². The normalized spacial score (nSPS) is 10.5. The summed E-state index contributed by atoms with van der Waals surface area (Å²) in [5, 5.41) is 15.2. The van der Waals surface area contributed by atoms with Crippen molar-refractivity contribution in [3.8, 4) is 11.8 Å². The number of methoxy groups -OCH3 is 1. The highest BCUT2D eigenvalue weighted by molar-refractivity contribution is 14.0. The molecule has 27 heavy (non-hydrogen) atoms. The zero-order valence-corrected chi connectivity index (χ0v) is 17.8. The maximum atomic E-state index is 13.9. The third-order valence-electron chi connectivity index (χ3n) is 3.80. The molecule has 0 unspecified atom stereocenters. The van der Waals surface area contributed by atoms with Crippen molar-refractivity contribution in [2.45, 2.75) is 19.9 Å². The number of nitriles is 1. The van der Waals surface area contributed by atoms with E-state index in [9.17, 15) is 4.39 Å². The monoisotopic (exact) mass is 482 g/mol. The van der Waals surface area contributed by atoms with Gasteiger partial charge in [0.2, 0.25) is 0 Å². The van der Waals surface area contributed by atoms with Crippen LogP contribution in [-0.2, 0) is 13.0 Å². The Morgan fingerprint density at radius 3 is 2.52 bits per heavy atom. The molecule has 0 aliphatic rings. The molecule has 0 saturated heterocycles. The molecule has 0 aliphatic heterocycles. The van der Waals surface area contributed by atoms with Crippen LogP contribution in [0.4, 0.5) is 4.39 Å². The van der Waals surface area contributed by atoms with Gasteiger partial charge in [-0.25, -0.2) is 9.38 Å². The van der Waals surface area contributed by atoms with E-state index in [4.69, 9.17) is 10.00 Å². The summed E-state index contributed by atoms with van der Waals surface area (Å²) in [6.07, 6.45) is 0.833. The number of guanidine groups is 1. The molecule has 144 valence electrons. The molecule has 0 amide bonds. The van der Waals surface area contributed by atoms with Crippen molar-refractivity contribution in [1.82, 2.24) is 10.6 Å². The number of nitrogens with zero attached hydrogens (tertiary/aromatic N) is 2. The first-order valence-electron chi connectivity index (χ1n) is 8.50. The highest BCUT2D eigenvalue weighted by Gasteiger charge is 2.04. The molecule has 7 heteroatoms. The van der Waals surface area contributed by atoms with E-state index in [1.54, 1.807) is 19.2 Å². The minimum Gasteiger partial charge on any atom is -0.497 e. The number of nitrogens with one attached hydrogen (secondary N) is 2. The Balaban J connectivity index is 0.00000364. The van der Waals surface area contributed by atoms with Crippen molar-refractivity contribution >= 4 is 29.9 Å². The molecule has 2 aromatic rings. The molecule has 0 spiro atoms. The lowest BCUT2D eigenvalue weighted by Gasteiger charge is -2.12. The van der Waals surface area contributed by atoms with Crippen LogP contribution < -0.4 is 15.4 Å². The van der Waals surface area contributed by atoms with Crippen molar-refractivity contribution in [2.24, 2.45) is 4.99 Å². The first kappa shape index (κ1) is 22.7. The second-order valence-corrected chi connectivity index (χ2v) is 5.64. The first-order valence-corrected chi connectivity index (χ1v) is 8.50. The lowest BCUT2D eigenvalue weighted by molar-refractivity contribution is 0.414.